The predicted octanol–water partition coefficient (Wildman–Crippen LogP) is 1.78. The van der Waals surface area contributed by atoms with Crippen LogP contribution < -0.4 is 4.90 Å². The second kappa shape index (κ2) is 8.14. The molecule has 0 aliphatic heterocycles. The number of aromatic nitrogens is 2. The van der Waals surface area contributed by atoms with Crippen LogP contribution in [0.1, 0.15) is 22.5 Å². The lowest BCUT2D eigenvalue weighted by Gasteiger charge is -2.23. The number of anilines is 1. The van der Waals surface area contributed by atoms with Crippen LogP contribution in [0, 0.1) is 0 Å². The highest BCUT2D eigenvalue weighted by Crippen LogP contribution is 2.22. The maximum Gasteiger partial charge on any atom is 0.360 e. The van der Waals surface area contributed by atoms with Crippen molar-refractivity contribution >= 4 is 17.6 Å². The minimum absolute atomic E-state index is 0.207. The molecular weight excluding hydrogens is 310 g/mol. The maximum absolute atomic E-state index is 12.0. The van der Waals surface area contributed by atoms with Crippen molar-refractivity contribution < 1.29 is 19.1 Å². The molecule has 1 aromatic carbocycles. The maximum atomic E-state index is 12.0. The molecule has 0 aliphatic carbocycles. The van der Waals surface area contributed by atoms with Crippen LogP contribution in [0.25, 0.3) is 0 Å². The van der Waals surface area contributed by atoms with Gasteiger partial charge in [-0.2, -0.15) is 5.10 Å². The van der Waals surface area contributed by atoms with E-state index in [9.17, 15) is 9.59 Å². The summed E-state index contributed by atoms with van der Waals surface area (Å²) < 4.78 is 11.1. The van der Waals surface area contributed by atoms with E-state index in [1.165, 1.54) is 14.2 Å². The summed E-state index contributed by atoms with van der Waals surface area (Å²) in [6.45, 7) is 0.935. The standard InChI is InChI=1S/C17H21N3O4/c1-19-12-14(16(18-19)17(22)24-3)20(10-9-15(21)23-2)11-13-7-5-4-6-8-13/h4-8,12H,9-11H2,1-3H3. The Kier molecular flexibility index (Phi) is 5.95. The number of rotatable bonds is 7. The number of aryl methyl sites for hydroxylation is 1. The summed E-state index contributed by atoms with van der Waals surface area (Å²) in [6.07, 6.45) is 1.95. The van der Waals surface area contributed by atoms with Gasteiger partial charge in [-0.25, -0.2) is 4.79 Å². The monoisotopic (exact) mass is 331 g/mol. The zero-order valence-electron chi connectivity index (χ0n) is 14.1. The second-order valence-corrected chi connectivity index (χ2v) is 5.26. The van der Waals surface area contributed by atoms with E-state index in [1.807, 2.05) is 35.2 Å². The van der Waals surface area contributed by atoms with E-state index in [0.717, 1.165) is 5.56 Å². The number of hydrogen-bond donors (Lipinski definition) is 0. The van der Waals surface area contributed by atoms with E-state index in [-0.39, 0.29) is 18.1 Å². The molecule has 1 heterocycles. The molecule has 2 rings (SSSR count). The van der Waals surface area contributed by atoms with Gasteiger partial charge in [-0.1, -0.05) is 30.3 Å². The van der Waals surface area contributed by atoms with Crippen molar-refractivity contribution in [3.63, 3.8) is 0 Å². The van der Waals surface area contributed by atoms with Gasteiger partial charge in [-0.3, -0.25) is 9.48 Å². The van der Waals surface area contributed by atoms with Crippen molar-refractivity contribution in [2.24, 2.45) is 7.05 Å². The van der Waals surface area contributed by atoms with Gasteiger partial charge in [0.2, 0.25) is 0 Å². The van der Waals surface area contributed by atoms with Crippen LogP contribution in [0.2, 0.25) is 0 Å². The molecule has 0 fully saturated rings. The van der Waals surface area contributed by atoms with Gasteiger partial charge in [0.15, 0.2) is 5.69 Å². The number of methoxy groups -OCH3 is 2. The fraction of sp³-hybridized carbons (Fsp3) is 0.353. The van der Waals surface area contributed by atoms with Crippen molar-refractivity contribution in [3.8, 4) is 0 Å². The van der Waals surface area contributed by atoms with Gasteiger partial charge in [0.1, 0.15) is 0 Å². The zero-order valence-corrected chi connectivity index (χ0v) is 14.1. The lowest BCUT2D eigenvalue weighted by atomic mass is 10.2. The van der Waals surface area contributed by atoms with Crippen molar-refractivity contribution in [1.82, 2.24) is 9.78 Å². The summed E-state index contributed by atoms with van der Waals surface area (Å²) in [7, 11) is 4.40. The van der Waals surface area contributed by atoms with Crippen molar-refractivity contribution in [1.29, 1.82) is 0 Å². The molecule has 0 saturated carbocycles. The Hall–Kier alpha value is -2.83. The highest BCUT2D eigenvalue weighted by Gasteiger charge is 2.22. The first-order valence-corrected chi connectivity index (χ1v) is 7.52. The SMILES string of the molecule is COC(=O)CCN(Cc1ccccc1)c1cn(C)nc1C(=O)OC. The third kappa shape index (κ3) is 4.34. The fourth-order valence-electron chi connectivity index (χ4n) is 2.37. The molecule has 0 spiro atoms. The summed E-state index contributed by atoms with van der Waals surface area (Å²) >= 11 is 0. The van der Waals surface area contributed by atoms with E-state index in [0.29, 0.717) is 18.8 Å². The third-order valence-electron chi connectivity index (χ3n) is 3.56. The number of hydrogen-bond acceptors (Lipinski definition) is 6. The van der Waals surface area contributed by atoms with Crippen LogP contribution in [-0.4, -0.2) is 42.5 Å². The van der Waals surface area contributed by atoms with Gasteiger partial charge in [0.05, 0.1) is 26.3 Å². The normalized spacial score (nSPS) is 10.3. The van der Waals surface area contributed by atoms with Crippen LogP contribution in [0.3, 0.4) is 0 Å². The Morgan fingerprint density at radius 1 is 1.17 bits per heavy atom. The number of carbonyl (C=O) groups excluding carboxylic acids is 2. The van der Waals surface area contributed by atoms with Gasteiger partial charge in [0.25, 0.3) is 0 Å². The molecule has 0 unspecified atom stereocenters. The largest absolute Gasteiger partial charge is 0.469 e. The molecule has 1 aromatic heterocycles. The lowest BCUT2D eigenvalue weighted by Crippen LogP contribution is -2.27. The molecule has 0 radical (unpaired) electrons. The van der Waals surface area contributed by atoms with Crippen LogP contribution in [0.4, 0.5) is 5.69 Å². The molecule has 128 valence electrons. The molecular formula is C17H21N3O4. The molecule has 0 saturated heterocycles. The predicted molar refractivity (Wildman–Crippen MR) is 88.7 cm³/mol. The Morgan fingerprint density at radius 2 is 1.88 bits per heavy atom. The number of esters is 2. The lowest BCUT2D eigenvalue weighted by molar-refractivity contribution is -0.140. The van der Waals surface area contributed by atoms with Gasteiger partial charge in [-0.05, 0) is 5.56 Å². The van der Waals surface area contributed by atoms with Crippen molar-refractivity contribution in [2.45, 2.75) is 13.0 Å². The molecule has 24 heavy (non-hydrogen) atoms. The molecule has 0 aliphatic rings. The first-order valence-electron chi connectivity index (χ1n) is 7.52. The van der Waals surface area contributed by atoms with E-state index in [2.05, 4.69) is 5.10 Å². The fourth-order valence-corrected chi connectivity index (χ4v) is 2.37. The van der Waals surface area contributed by atoms with Crippen LogP contribution in [0.5, 0.6) is 0 Å². The van der Waals surface area contributed by atoms with E-state index in [1.54, 1.807) is 17.9 Å². The Morgan fingerprint density at radius 3 is 2.50 bits per heavy atom. The minimum Gasteiger partial charge on any atom is -0.469 e. The average molecular weight is 331 g/mol. The number of benzene rings is 1. The van der Waals surface area contributed by atoms with Crippen molar-refractivity contribution in [2.75, 3.05) is 25.7 Å². The first-order chi connectivity index (χ1) is 11.5. The zero-order chi connectivity index (χ0) is 17.5. The first kappa shape index (κ1) is 17.5. The van der Waals surface area contributed by atoms with E-state index in [4.69, 9.17) is 9.47 Å². The quantitative estimate of drug-likeness (QED) is 0.720. The molecule has 2 aromatic rings. The molecule has 0 bridgehead atoms. The number of ether oxygens (including phenoxy) is 2. The van der Waals surface area contributed by atoms with Gasteiger partial charge in [-0.15, -0.1) is 0 Å². The highest BCUT2D eigenvalue weighted by molar-refractivity contribution is 5.93. The highest BCUT2D eigenvalue weighted by atomic mass is 16.5. The van der Waals surface area contributed by atoms with E-state index >= 15 is 0 Å². The Labute approximate surface area is 140 Å². The second-order valence-electron chi connectivity index (χ2n) is 5.26. The molecule has 7 heteroatoms. The summed E-state index contributed by atoms with van der Waals surface area (Å²) in [5.74, 6) is -0.821. The minimum atomic E-state index is -0.512. The third-order valence-corrected chi connectivity index (χ3v) is 3.56. The molecule has 0 atom stereocenters. The molecule has 7 nitrogen and oxygen atoms in total. The number of nitrogens with zero attached hydrogens (tertiary/aromatic N) is 3. The van der Waals surface area contributed by atoms with Crippen molar-refractivity contribution in [3.05, 3.63) is 47.8 Å². The van der Waals surface area contributed by atoms with Crippen LogP contribution in [-0.2, 0) is 27.9 Å². The van der Waals surface area contributed by atoms with Crippen LogP contribution in [0.15, 0.2) is 36.5 Å². The van der Waals surface area contributed by atoms with E-state index < -0.39 is 5.97 Å². The smallest absolute Gasteiger partial charge is 0.360 e. The Balaban J connectivity index is 2.31. The average Bonchev–Trinajstić information content (AvgIpc) is 3.00. The Bertz CT molecular complexity index is 697. The summed E-state index contributed by atoms with van der Waals surface area (Å²) in [4.78, 5) is 25.4. The molecule has 0 amide bonds. The topological polar surface area (TPSA) is 73.7 Å². The van der Waals surface area contributed by atoms with Gasteiger partial charge < -0.3 is 14.4 Å². The van der Waals surface area contributed by atoms with Gasteiger partial charge in [0, 0.05) is 26.3 Å². The van der Waals surface area contributed by atoms with Gasteiger partial charge >= 0.3 is 11.9 Å². The number of carbonyl (C=O) groups is 2. The molecule has 0 N–H and O–H groups in total. The summed E-state index contributed by atoms with van der Waals surface area (Å²) in [5, 5.41) is 4.18. The summed E-state index contributed by atoms with van der Waals surface area (Å²) in [6, 6.07) is 9.79. The summed E-state index contributed by atoms with van der Waals surface area (Å²) in [5.41, 5.74) is 1.90. The van der Waals surface area contributed by atoms with Crippen LogP contribution >= 0.6 is 0 Å².